The van der Waals surface area contributed by atoms with Gasteiger partial charge < -0.3 is 14.6 Å². The van der Waals surface area contributed by atoms with Gasteiger partial charge in [0.1, 0.15) is 12.0 Å². The van der Waals surface area contributed by atoms with Crippen molar-refractivity contribution in [1.82, 2.24) is 4.72 Å². The molecule has 1 aliphatic rings. The maximum Gasteiger partial charge on any atom is 0.305 e. The molecule has 0 atom stereocenters. The van der Waals surface area contributed by atoms with Crippen LogP contribution in [0.2, 0.25) is 0 Å². The Kier molecular flexibility index (Phi) is 7.33. The summed E-state index contributed by atoms with van der Waals surface area (Å²) in [6.45, 7) is 0.910. The lowest BCUT2D eigenvalue weighted by atomic mass is 9.98. The summed E-state index contributed by atoms with van der Waals surface area (Å²) in [6.07, 6.45) is 0.476. The normalized spacial score (nSPS) is 13.1. The molecule has 2 aromatic rings. The quantitative estimate of drug-likeness (QED) is 0.230. The molecule has 148 valence electrons. The summed E-state index contributed by atoms with van der Waals surface area (Å²) in [5, 5.41) is 11.9. The van der Waals surface area contributed by atoms with E-state index in [1.54, 1.807) is 0 Å². The molecule has 0 spiro atoms. The number of hydrogen-bond acceptors (Lipinski definition) is 7. The number of nitrogens with zero attached hydrogens (tertiary/aromatic N) is 1. The lowest BCUT2D eigenvalue weighted by molar-refractivity contribution is -0.250. The van der Waals surface area contributed by atoms with Crippen LogP contribution in [0.5, 0.6) is 0 Å². The molecule has 0 aromatic heterocycles. The minimum Gasteiger partial charge on any atom is -0.599 e. The van der Waals surface area contributed by atoms with Gasteiger partial charge in [0.05, 0.1) is 7.11 Å². The fourth-order valence-electron chi connectivity index (χ4n) is 3.25. The van der Waals surface area contributed by atoms with E-state index in [0.29, 0.717) is 19.4 Å². The summed E-state index contributed by atoms with van der Waals surface area (Å²) in [6, 6.07) is 16.4. The molecule has 0 saturated carbocycles. The van der Waals surface area contributed by atoms with E-state index in [1.165, 1.54) is 41.3 Å². The molecule has 3 rings (SSSR count). The highest BCUT2D eigenvalue weighted by Gasteiger charge is 2.26. The van der Waals surface area contributed by atoms with Gasteiger partial charge in [-0.3, -0.25) is 14.5 Å². The predicted octanol–water partition coefficient (Wildman–Crippen LogP) is 2.68. The zero-order valence-electron chi connectivity index (χ0n) is 15.7. The molecule has 28 heavy (non-hydrogen) atoms. The standard InChI is InChI=1S/C21H24N2O4S/c1-26-20(24)11-6-12-23-28-14-22-21(25)27-13-19-17-9-4-2-7-15(17)16-8-3-5-10-18(16)19/h2-5,7-10,19,23H,6,11-14H2,1H3,(H,22,25)/p-1. The minimum absolute atomic E-state index is 0.0376. The van der Waals surface area contributed by atoms with Crippen molar-refractivity contribution >= 4 is 24.0 Å². The molecule has 2 aromatic carbocycles. The molecule has 1 aliphatic carbocycles. The molecule has 0 radical (unpaired) electrons. The second-order valence-corrected chi connectivity index (χ2v) is 7.15. The summed E-state index contributed by atoms with van der Waals surface area (Å²) >= 11 is 1.31. The van der Waals surface area contributed by atoms with Crippen molar-refractivity contribution in [3.05, 3.63) is 59.7 Å². The molecule has 6 nitrogen and oxygen atoms in total. The molecule has 0 heterocycles. The summed E-state index contributed by atoms with van der Waals surface area (Å²) in [7, 11) is 1.37. The van der Waals surface area contributed by atoms with Crippen molar-refractivity contribution in [2.75, 3.05) is 26.1 Å². The number of esters is 1. The first-order chi connectivity index (χ1) is 13.7. The number of methoxy groups -OCH3 is 1. The highest BCUT2D eigenvalue weighted by molar-refractivity contribution is 7.97. The van der Waals surface area contributed by atoms with Gasteiger partial charge in [0.15, 0.2) is 0 Å². The predicted molar refractivity (Wildman–Crippen MR) is 109 cm³/mol. The summed E-state index contributed by atoms with van der Waals surface area (Å²) in [5.41, 5.74) is 4.75. The highest BCUT2D eigenvalue weighted by Crippen LogP contribution is 2.44. The SMILES string of the molecule is COC(=O)CCCNSC/N=C(\[O-])OCC1c2ccccc2-c2ccccc21. The van der Waals surface area contributed by atoms with Gasteiger partial charge in [-0.25, -0.2) is 0 Å². The fourth-order valence-corrected chi connectivity index (χ4v) is 3.80. The maximum atomic E-state index is 11.9. The summed E-state index contributed by atoms with van der Waals surface area (Å²) in [4.78, 5) is 14.9. The van der Waals surface area contributed by atoms with Gasteiger partial charge in [-0.15, -0.1) is 0 Å². The van der Waals surface area contributed by atoms with Gasteiger partial charge >= 0.3 is 5.97 Å². The average molecular weight is 399 g/mol. The number of aliphatic imine (C=N–C) groups is 1. The zero-order valence-corrected chi connectivity index (χ0v) is 16.5. The molecule has 0 aliphatic heterocycles. The highest BCUT2D eigenvalue weighted by atomic mass is 32.2. The largest absolute Gasteiger partial charge is 0.599 e. The molecular formula is C21H23N2O4S-. The Bertz CT molecular complexity index is 795. The Balaban J connectivity index is 1.45. The van der Waals surface area contributed by atoms with Crippen LogP contribution < -0.4 is 9.83 Å². The fraction of sp³-hybridized carbons (Fsp3) is 0.333. The van der Waals surface area contributed by atoms with Crippen molar-refractivity contribution in [3.63, 3.8) is 0 Å². The van der Waals surface area contributed by atoms with Crippen molar-refractivity contribution in [2.24, 2.45) is 4.99 Å². The number of nitrogens with one attached hydrogen (secondary N) is 1. The molecule has 0 saturated heterocycles. The molecule has 0 bridgehead atoms. The number of carbonyl (C=O) groups excluding carboxylic acids is 1. The third-order valence-electron chi connectivity index (χ3n) is 4.58. The van der Waals surface area contributed by atoms with E-state index in [-0.39, 0.29) is 24.4 Å². The van der Waals surface area contributed by atoms with E-state index < -0.39 is 6.08 Å². The van der Waals surface area contributed by atoms with E-state index in [0.717, 1.165) is 0 Å². The number of ether oxygens (including phenoxy) is 2. The van der Waals surface area contributed by atoms with Gasteiger partial charge in [-0.2, -0.15) is 0 Å². The molecular weight excluding hydrogens is 376 g/mol. The third-order valence-corrected chi connectivity index (χ3v) is 5.25. The maximum absolute atomic E-state index is 11.9. The second kappa shape index (κ2) is 10.1. The Labute approximate surface area is 169 Å². The first-order valence-corrected chi connectivity index (χ1v) is 10.1. The van der Waals surface area contributed by atoms with Crippen LogP contribution in [-0.4, -0.2) is 38.2 Å². The molecule has 0 fully saturated rings. The topological polar surface area (TPSA) is 83.0 Å². The number of carbonyl (C=O) groups is 1. The Morgan fingerprint density at radius 3 is 2.43 bits per heavy atom. The number of benzene rings is 2. The van der Waals surface area contributed by atoms with Crippen LogP contribution in [0.15, 0.2) is 53.5 Å². The van der Waals surface area contributed by atoms with Crippen LogP contribution in [-0.2, 0) is 14.3 Å². The van der Waals surface area contributed by atoms with Crippen molar-refractivity contribution in [3.8, 4) is 11.1 Å². The van der Waals surface area contributed by atoms with Crippen LogP contribution >= 0.6 is 11.9 Å². The number of hydrogen-bond donors (Lipinski definition) is 1. The van der Waals surface area contributed by atoms with E-state index in [1.807, 2.05) is 24.3 Å². The molecule has 1 N–H and O–H groups in total. The van der Waals surface area contributed by atoms with E-state index in [4.69, 9.17) is 4.74 Å². The third kappa shape index (κ3) is 5.05. The molecule has 0 unspecified atom stereocenters. The van der Waals surface area contributed by atoms with Gasteiger partial charge in [0.25, 0.3) is 0 Å². The first kappa shape index (κ1) is 20.2. The van der Waals surface area contributed by atoms with Gasteiger partial charge in [-0.1, -0.05) is 60.5 Å². The van der Waals surface area contributed by atoms with Crippen molar-refractivity contribution < 1.29 is 19.4 Å². The zero-order chi connectivity index (χ0) is 19.8. The van der Waals surface area contributed by atoms with E-state index >= 15 is 0 Å². The van der Waals surface area contributed by atoms with Crippen molar-refractivity contribution in [1.29, 1.82) is 0 Å². The summed E-state index contributed by atoms with van der Waals surface area (Å²) in [5.74, 6) is 0.0697. The minimum atomic E-state index is -0.564. The van der Waals surface area contributed by atoms with Gasteiger partial charge in [-0.05, 0) is 28.7 Å². The Morgan fingerprint density at radius 1 is 1.14 bits per heavy atom. The second-order valence-electron chi connectivity index (χ2n) is 6.31. The smallest absolute Gasteiger partial charge is 0.305 e. The first-order valence-electron chi connectivity index (χ1n) is 9.14. The van der Waals surface area contributed by atoms with Crippen LogP contribution in [0.3, 0.4) is 0 Å². The molecule has 0 amide bonds. The van der Waals surface area contributed by atoms with Crippen LogP contribution in [0, 0.1) is 0 Å². The van der Waals surface area contributed by atoms with E-state index in [9.17, 15) is 9.90 Å². The Morgan fingerprint density at radius 2 is 1.79 bits per heavy atom. The molecule has 7 heteroatoms. The van der Waals surface area contributed by atoms with Crippen molar-refractivity contribution in [2.45, 2.75) is 18.8 Å². The number of rotatable bonds is 9. The number of fused-ring (bicyclic) bond motifs is 3. The monoisotopic (exact) mass is 399 g/mol. The Hall–Kier alpha value is -2.51. The average Bonchev–Trinajstić information content (AvgIpc) is 3.05. The van der Waals surface area contributed by atoms with Gasteiger partial charge in [0, 0.05) is 25.5 Å². The summed E-state index contributed by atoms with van der Waals surface area (Å²) < 4.78 is 13.0. The van der Waals surface area contributed by atoms with Crippen LogP contribution in [0.4, 0.5) is 0 Å². The van der Waals surface area contributed by atoms with Crippen LogP contribution in [0.25, 0.3) is 11.1 Å². The lowest BCUT2D eigenvalue weighted by Crippen LogP contribution is -2.24. The van der Waals surface area contributed by atoms with Gasteiger partial charge in [0.2, 0.25) is 0 Å². The van der Waals surface area contributed by atoms with E-state index in [2.05, 4.69) is 38.7 Å². The van der Waals surface area contributed by atoms with Crippen LogP contribution in [0.1, 0.15) is 29.9 Å². The lowest BCUT2D eigenvalue weighted by Gasteiger charge is -2.20.